The van der Waals surface area contributed by atoms with Crippen LogP contribution in [-0.2, 0) is 7.05 Å². The van der Waals surface area contributed by atoms with Gasteiger partial charge in [-0.3, -0.25) is 4.79 Å². The van der Waals surface area contributed by atoms with E-state index in [1.54, 1.807) is 23.7 Å². The number of nitrogens with two attached hydrogens (primary N) is 1. The van der Waals surface area contributed by atoms with Gasteiger partial charge in [-0.1, -0.05) is 16.8 Å². The Labute approximate surface area is 119 Å². The molecule has 0 aliphatic rings. The molecule has 0 radical (unpaired) electrons. The first kappa shape index (κ1) is 13.9. The molecule has 0 atom stereocenters. The minimum Gasteiger partial charge on any atom is -0.409 e. The lowest BCUT2D eigenvalue weighted by atomic mass is 10.2. The van der Waals surface area contributed by atoms with Gasteiger partial charge in [0.25, 0.3) is 5.91 Å². The summed E-state index contributed by atoms with van der Waals surface area (Å²) in [7, 11) is 1.70. The second-order valence-corrected chi connectivity index (χ2v) is 4.43. The largest absolute Gasteiger partial charge is 0.409 e. The average molecular weight is 294 g/mol. The number of amides is 1. The number of imidazole rings is 1. The Hall–Kier alpha value is -2.54. The molecular weight excluding hydrogens is 282 g/mol. The van der Waals surface area contributed by atoms with Crippen LogP contribution in [0, 0.1) is 0 Å². The topological polar surface area (TPSA) is 106 Å². The van der Waals surface area contributed by atoms with Gasteiger partial charge in [0.2, 0.25) is 0 Å². The van der Waals surface area contributed by atoms with Gasteiger partial charge in [-0.15, -0.1) is 0 Å². The molecule has 1 heterocycles. The summed E-state index contributed by atoms with van der Waals surface area (Å²) < 4.78 is 1.58. The molecule has 0 bridgehead atoms. The van der Waals surface area contributed by atoms with Crippen LogP contribution in [-0.4, -0.2) is 26.5 Å². The van der Waals surface area contributed by atoms with Crippen molar-refractivity contribution < 1.29 is 10.0 Å². The SMILES string of the molecule is Cn1cncc1C(=O)Nc1cc(/C(N)=N/O)ccc1Cl. The summed E-state index contributed by atoms with van der Waals surface area (Å²) in [6.45, 7) is 0. The fourth-order valence-corrected chi connectivity index (χ4v) is 1.77. The number of rotatable bonds is 3. The minimum atomic E-state index is -0.358. The standard InChI is InChI=1S/C12H12ClN5O2/c1-18-6-15-5-10(18)12(19)16-9-4-7(11(14)17-20)2-3-8(9)13/h2-6,20H,1H3,(H2,14,17)(H,16,19). The Kier molecular flexibility index (Phi) is 3.90. The van der Waals surface area contributed by atoms with E-state index in [9.17, 15) is 4.79 Å². The molecule has 2 rings (SSSR count). The van der Waals surface area contributed by atoms with E-state index in [1.807, 2.05) is 0 Å². The molecule has 1 amide bonds. The summed E-state index contributed by atoms with van der Waals surface area (Å²) in [5.41, 5.74) is 6.68. The number of aromatic nitrogens is 2. The molecule has 1 aromatic heterocycles. The van der Waals surface area contributed by atoms with Gasteiger partial charge in [-0.25, -0.2) is 4.98 Å². The third-order valence-corrected chi connectivity index (χ3v) is 3.00. The molecule has 104 valence electrons. The fraction of sp³-hybridized carbons (Fsp3) is 0.0833. The molecule has 0 saturated carbocycles. The van der Waals surface area contributed by atoms with Crippen LogP contribution in [0.5, 0.6) is 0 Å². The summed E-state index contributed by atoms with van der Waals surface area (Å²) in [6, 6.07) is 4.65. The quantitative estimate of drug-likeness (QED) is 0.344. The van der Waals surface area contributed by atoms with Crippen molar-refractivity contribution in [2.24, 2.45) is 17.9 Å². The van der Waals surface area contributed by atoms with Crippen LogP contribution in [0.1, 0.15) is 16.1 Å². The normalized spacial score (nSPS) is 11.4. The Bertz CT molecular complexity index is 680. The summed E-state index contributed by atoms with van der Waals surface area (Å²) in [6.07, 6.45) is 2.96. The molecule has 0 spiro atoms. The van der Waals surface area contributed by atoms with E-state index < -0.39 is 0 Å². The van der Waals surface area contributed by atoms with Crippen molar-refractivity contribution in [3.05, 3.63) is 47.0 Å². The van der Waals surface area contributed by atoms with Gasteiger partial charge in [-0.05, 0) is 18.2 Å². The number of halogens is 1. The molecule has 0 unspecified atom stereocenters. The van der Waals surface area contributed by atoms with Crippen LogP contribution >= 0.6 is 11.6 Å². The number of anilines is 1. The van der Waals surface area contributed by atoms with Crippen LogP contribution in [0.15, 0.2) is 35.9 Å². The second kappa shape index (κ2) is 5.62. The third-order valence-electron chi connectivity index (χ3n) is 2.67. The van der Waals surface area contributed by atoms with Crippen LogP contribution in [0.3, 0.4) is 0 Å². The summed E-state index contributed by atoms with van der Waals surface area (Å²) in [5, 5.41) is 14.5. The van der Waals surface area contributed by atoms with Gasteiger partial charge >= 0.3 is 0 Å². The summed E-state index contributed by atoms with van der Waals surface area (Å²) >= 11 is 6.01. The Morgan fingerprint density at radius 2 is 2.30 bits per heavy atom. The number of hydrogen-bond donors (Lipinski definition) is 3. The molecule has 20 heavy (non-hydrogen) atoms. The molecule has 4 N–H and O–H groups in total. The first-order valence-electron chi connectivity index (χ1n) is 5.58. The molecule has 2 aromatic rings. The van der Waals surface area contributed by atoms with Gasteiger partial charge in [0.15, 0.2) is 5.84 Å². The maximum atomic E-state index is 12.1. The van der Waals surface area contributed by atoms with E-state index in [0.29, 0.717) is 22.0 Å². The molecule has 0 aliphatic carbocycles. The van der Waals surface area contributed by atoms with Crippen molar-refractivity contribution in [1.82, 2.24) is 9.55 Å². The fourth-order valence-electron chi connectivity index (χ4n) is 1.60. The maximum Gasteiger partial charge on any atom is 0.273 e. The zero-order valence-corrected chi connectivity index (χ0v) is 11.3. The number of amidine groups is 1. The van der Waals surface area contributed by atoms with Gasteiger partial charge in [-0.2, -0.15) is 0 Å². The predicted molar refractivity (Wildman–Crippen MR) is 75.1 cm³/mol. The van der Waals surface area contributed by atoms with Crippen molar-refractivity contribution >= 4 is 29.0 Å². The highest BCUT2D eigenvalue weighted by molar-refractivity contribution is 6.34. The van der Waals surface area contributed by atoms with Crippen molar-refractivity contribution in [3.63, 3.8) is 0 Å². The van der Waals surface area contributed by atoms with Crippen molar-refractivity contribution in [2.45, 2.75) is 0 Å². The zero-order valence-electron chi connectivity index (χ0n) is 10.5. The highest BCUT2D eigenvalue weighted by atomic mass is 35.5. The molecule has 8 heteroatoms. The first-order valence-corrected chi connectivity index (χ1v) is 5.96. The zero-order chi connectivity index (χ0) is 14.7. The number of aryl methyl sites for hydroxylation is 1. The Morgan fingerprint density at radius 3 is 2.90 bits per heavy atom. The van der Waals surface area contributed by atoms with Crippen molar-refractivity contribution in [3.8, 4) is 0 Å². The molecule has 1 aromatic carbocycles. The van der Waals surface area contributed by atoms with Crippen molar-refractivity contribution in [2.75, 3.05) is 5.32 Å². The van der Waals surface area contributed by atoms with E-state index >= 15 is 0 Å². The van der Waals surface area contributed by atoms with E-state index in [-0.39, 0.29) is 11.7 Å². The summed E-state index contributed by atoms with van der Waals surface area (Å²) in [4.78, 5) is 15.9. The number of carbonyl (C=O) groups excluding carboxylic acids is 1. The highest BCUT2D eigenvalue weighted by Crippen LogP contribution is 2.23. The number of oxime groups is 1. The smallest absolute Gasteiger partial charge is 0.273 e. The van der Waals surface area contributed by atoms with Gasteiger partial charge in [0.1, 0.15) is 5.69 Å². The van der Waals surface area contributed by atoms with Crippen LogP contribution in [0.4, 0.5) is 5.69 Å². The lowest BCUT2D eigenvalue weighted by Gasteiger charge is -2.09. The number of hydrogen-bond acceptors (Lipinski definition) is 4. The summed E-state index contributed by atoms with van der Waals surface area (Å²) in [5.74, 6) is -0.429. The lowest BCUT2D eigenvalue weighted by Crippen LogP contribution is -2.17. The van der Waals surface area contributed by atoms with Crippen LogP contribution in [0.2, 0.25) is 5.02 Å². The van der Waals surface area contributed by atoms with Crippen LogP contribution < -0.4 is 11.1 Å². The van der Waals surface area contributed by atoms with E-state index in [0.717, 1.165) is 0 Å². The minimum absolute atomic E-state index is 0.0716. The van der Waals surface area contributed by atoms with E-state index in [4.69, 9.17) is 22.5 Å². The first-order chi connectivity index (χ1) is 9.52. The van der Waals surface area contributed by atoms with E-state index in [1.165, 1.54) is 18.6 Å². The number of benzene rings is 1. The van der Waals surface area contributed by atoms with Crippen molar-refractivity contribution in [1.29, 1.82) is 0 Å². The predicted octanol–water partition coefficient (Wildman–Crippen LogP) is 1.42. The number of nitrogens with one attached hydrogen (secondary N) is 1. The molecule has 7 nitrogen and oxygen atoms in total. The Morgan fingerprint density at radius 1 is 1.55 bits per heavy atom. The maximum absolute atomic E-state index is 12.1. The monoisotopic (exact) mass is 293 g/mol. The lowest BCUT2D eigenvalue weighted by molar-refractivity contribution is 0.101. The Balaban J connectivity index is 2.29. The number of carbonyl (C=O) groups is 1. The van der Waals surface area contributed by atoms with Crippen LogP contribution in [0.25, 0.3) is 0 Å². The van der Waals surface area contributed by atoms with Gasteiger partial charge in [0, 0.05) is 12.6 Å². The highest BCUT2D eigenvalue weighted by Gasteiger charge is 2.13. The molecule has 0 saturated heterocycles. The van der Waals surface area contributed by atoms with Gasteiger partial charge in [0.05, 0.1) is 23.2 Å². The average Bonchev–Trinajstić information content (AvgIpc) is 2.86. The molecular formula is C12H12ClN5O2. The third kappa shape index (κ3) is 2.72. The number of nitrogens with zero attached hydrogens (tertiary/aromatic N) is 3. The second-order valence-electron chi connectivity index (χ2n) is 4.02. The molecule has 0 fully saturated rings. The molecule has 0 aliphatic heterocycles. The van der Waals surface area contributed by atoms with E-state index in [2.05, 4.69) is 15.5 Å². The van der Waals surface area contributed by atoms with Gasteiger partial charge < -0.3 is 20.8 Å².